The molecule has 2 aliphatic rings. The fraction of sp³-hybridized carbons (Fsp3) is 0.526. The second kappa shape index (κ2) is 6.97. The molecule has 2 aliphatic heterocycles. The lowest BCUT2D eigenvalue weighted by Crippen LogP contribution is -2.62. The molecule has 0 radical (unpaired) electrons. The number of carbonyl (C=O) groups excluding carboxylic acids is 2. The molecule has 1 aromatic carbocycles. The predicted molar refractivity (Wildman–Crippen MR) is 97.1 cm³/mol. The van der Waals surface area contributed by atoms with Crippen LogP contribution in [-0.2, 0) is 9.59 Å². The fourth-order valence-electron chi connectivity index (χ4n) is 4.17. The monoisotopic (exact) mass is 359 g/mol. The van der Waals surface area contributed by atoms with Crippen molar-refractivity contribution in [3.63, 3.8) is 0 Å². The summed E-state index contributed by atoms with van der Waals surface area (Å²) >= 11 is 0. The number of aryl methyl sites for hydroxylation is 2. The van der Waals surface area contributed by atoms with Crippen LogP contribution in [0.15, 0.2) is 18.2 Å². The number of carbonyl (C=O) groups is 3. The summed E-state index contributed by atoms with van der Waals surface area (Å²) in [6.07, 6.45) is 2.61. The van der Waals surface area contributed by atoms with E-state index in [0.29, 0.717) is 32.4 Å². The number of piperidine rings is 1. The number of aliphatic carboxylic acids is 1. The molecule has 3 amide bonds. The maximum absolute atomic E-state index is 13.0. The summed E-state index contributed by atoms with van der Waals surface area (Å²) < 4.78 is 0. The van der Waals surface area contributed by atoms with Gasteiger partial charge in [0.2, 0.25) is 5.91 Å². The van der Waals surface area contributed by atoms with Gasteiger partial charge in [0.05, 0.1) is 0 Å². The molecule has 1 atom stereocenters. The molecule has 3 rings (SSSR count). The lowest BCUT2D eigenvalue weighted by molar-refractivity contribution is -0.152. The molecule has 2 fully saturated rings. The van der Waals surface area contributed by atoms with Crippen molar-refractivity contribution in [2.24, 2.45) is 0 Å². The Labute approximate surface area is 153 Å². The van der Waals surface area contributed by atoms with Crippen LogP contribution in [0, 0.1) is 13.8 Å². The fourth-order valence-corrected chi connectivity index (χ4v) is 4.17. The lowest BCUT2D eigenvalue weighted by Gasteiger charge is -2.44. The van der Waals surface area contributed by atoms with Gasteiger partial charge in [-0.3, -0.25) is 9.59 Å². The van der Waals surface area contributed by atoms with Crippen molar-refractivity contribution in [3.05, 3.63) is 29.3 Å². The van der Waals surface area contributed by atoms with E-state index in [4.69, 9.17) is 5.11 Å². The first-order valence-electron chi connectivity index (χ1n) is 9.00. The van der Waals surface area contributed by atoms with Gasteiger partial charge in [0.1, 0.15) is 12.1 Å². The van der Waals surface area contributed by atoms with Gasteiger partial charge in [-0.2, -0.15) is 0 Å². The van der Waals surface area contributed by atoms with E-state index in [-0.39, 0.29) is 18.5 Å². The van der Waals surface area contributed by atoms with Gasteiger partial charge in [0.15, 0.2) is 0 Å². The molecule has 2 N–H and O–H groups in total. The quantitative estimate of drug-likeness (QED) is 0.867. The van der Waals surface area contributed by atoms with E-state index in [2.05, 4.69) is 5.32 Å². The molecule has 0 aromatic heterocycles. The molecular formula is C19H25N3O4. The van der Waals surface area contributed by atoms with Crippen LogP contribution in [0.4, 0.5) is 10.5 Å². The molecule has 140 valence electrons. The molecule has 0 bridgehead atoms. The van der Waals surface area contributed by atoms with E-state index in [0.717, 1.165) is 23.2 Å². The summed E-state index contributed by atoms with van der Waals surface area (Å²) in [4.78, 5) is 40.0. The first-order valence-corrected chi connectivity index (χ1v) is 9.00. The Bertz CT molecular complexity index is 748. The third kappa shape index (κ3) is 3.25. The molecule has 0 aliphatic carbocycles. The van der Waals surface area contributed by atoms with Gasteiger partial charge in [-0.05, 0) is 51.2 Å². The minimum absolute atomic E-state index is 0.237. The summed E-state index contributed by atoms with van der Waals surface area (Å²) in [5.74, 6) is -1.26. The predicted octanol–water partition coefficient (Wildman–Crippen LogP) is 2.38. The number of benzene rings is 1. The van der Waals surface area contributed by atoms with Gasteiger partial charge in [-0.1, -0.05) is 17.7 Å². The van der Waals surface area contributed by atoms with E-state index >= 15 is 0 Å². The number of amides is 3. The van der Waals surface area contributed by atoms with Crippen molar-refractivity contribution in [3.8, 4) is 0 Å². The molecule has 26 heavy (non-hydrogen) atoms. The largest absolute Gasteiger partial charge is 0.480 e. The highest BCUT2D eigenvalue weighted by molar-refractivity contribution is 5.98. The molecule has 1 spiro atoms. The minimum Gasteiger partial charge on any atom is -0.480 e. The zero-order valence-electron chi connectivity index (χ0n) is 15.2. The Morgan fingerprint density at radius 1 is 1.19 bits per heavy atom. The number of rotatable bonds is 3. The molecule has 7 heteroatoms. The zero-order chi connectivity index (χ0) is 18.9. The van der Waals surface area contributed by atoms with Crippen molar-refractivity contribution in [2.45, 2.75) is 45.1 Å². The van der Waals surface area contributed by atoms with Gasteiger partial charge in [0.25, 0.3) is 0 Å². The summed E-state index contributed by atoms with van der Waals surface area (Å²) in [6.45, 7) is 4.55. The molecule has 2 heterocycles. The summed E-state index contributed by atoms with van der Waals surface area (Å²) in [6, 6.07) is 5.50. The maximum Gasteiger partial charge on any atom is 0.323 e. The summed E-state index contributed by atoms with van der Waals surface area (Å²) in [5.41, 5.74) is 1.91. The van der Waals surface area contributed by atoms with E-state index in [9.17, 15) is 14.4 Å². The van der Waals surface area contributed by atoms with E-state index < -0.39 is 11.5 Å². The number of anilines is 1. The van der Waals surface area contributed by atoms with Crippen LogP contribution in [0.3, 0.4) is 0 Å². The average molecular weight is 359 g/mol. The van der Waals surface area contributed by atoms with Crippen LogP contribution in [0.2, 0.25) is 0 Å². The van der Waals surface area contributed by atoms with Gasteiger partial charge < -0.3 is 20.2 Å². The topological polar surface area (TPSA) is 90.0 Å². The van der Waals surface area contributed by atoms with Gasteiger partial charge in [-0.25, -0.2) is 4.79 Å². The first kappa shape index (κ1) is 18.2. The number of likely N-dealkylation sites (tertiary alicyclic amines) is 2. The Morgan fingerprint density at radius 2 is 1.88 bits per heavy atom. The third-order valence-electron chi connectivity index (χ3n) is 5.39. The van der Waals surface area contributed by atoms with Crippen molar-refractivity contribution in [1.29, 1.82) is 0 Å². The molecule has 1 unspecified atom stereocenters. The van der Waals surface area contributed by atoms with Crippen LogP contribution in [-0.4, -0.2) is 58.0 Å². The van der Waals surface area contributed by atoms with Crippen LogP contribution in [0.25, 0.3) is 0 Å². The van der Waals surface area contributed by atoms with Crippen molar-refractivity contribution < 1.29 is 19.5 Å². The number of nitrogens with zero attached hydrogens (tertiary/aromatic N) is 2. The molecular weight excluding hydrogens is 334 g/mol. The van der Waals surface area contributed by atoms with Crippen molar-refractivity contribution >= 4 is 23.6 Å². The SMILES string of the molecule is Cc1ccc(NC(=O)N2CCCC23CCCN(CC(=O)O)C3=O)c(C)c1. The van der Waals surface area contributed by atoms with Crippen molar-refractivity contribution in [1.82, 2.24) is 9.80 Å². The van der Waals surface area contributed by atoms with Crippen LogP contribution < -0.4 is 5.32 Å². The standard InChI is InChI=1S/C19H25N3O4/c1-13-5-6-15(14(2)11-13)20-18(26)22-10-4-8-19(22)7-3-9-21(17(19)25)12-16(23)24/h5-6,11H,3-4,7-10,12H2,1-2H3,(H,20,26)(H,23,24). The molecule has 2 saturated heterocycles. The highest BCUT2D eigenvalue weighted by atomic mass is 16.4. The minimum atomic E-state index is -1.03. The summed E-state index contributed by atoms with van der Waals surface area (Å²) in [7, 11) is 0. The second-order valence-electron chi connectivity index (χ2n) is 7.26. The number of nitrogens with one attached hydrogen (secondary N) is 1. The van der Waals surface area contributed by atoms with E-state index in [1.165, 1.54) is 4.90 Å². The average Bonchev–Trinajstić information content (AvgIpc) is 2.99. The van der Waals surface area contributed by atoms with E-state index in [1.807, 2.05) is 32.0 Å². The Balaban J connectivity index is 1.81. The van der Waals surface area contributed by atoms with Crippen LogP contribution in [0.5, 0.6) is 0 Å². The molecule has 7 nitrogen and oxygen atoms in total. The normalized spacial score (nSPS) is 22.8. The maximum atomic E-state index is 13.0. The molecule has 0 saturated carbocycles. The Hall–Kier alpha value is -2.57. The number of hydrogen-bond acceptors (Lipinski definition) is 3. The third-order valence-corrected chi connectivity index (χ3v) is 5.39. The summed E-state index contributed by atoms with van der Waals surface area (Å²) in [5, 5.41) is 12.0. The highest BCUT2D eigenvalue weighted by Crippen LogP contribution is 2.38. The molecule has 1 aromatic rings. The Kier molecular flexibility index (Phi) is 4.89. The van der Waals surface area contributed by atoms with Gasteiger partial charge >= 0.3 is 12.0 Å². The zero-order valence-corrected chi connectivity index (χ0v) is 15.2. The second-order valence-corrected chi connectivity index (χ2v) is 7.26. The lowest BCUT2D eigenvalue weighted by atomic mass is 9.85. The number of hydrogen-bond donors (Lipinski definition) is 2. The number of carboxylic acids is 1. The van der Waals surface area contributed by atoms with E-state index in [1.54, 1.807) is 4.90 Å². The first-order chi connectivity index (χ1) is 12.3. The smallest absolute Gasteiger partial charge is 0.323 e. The van der Waals surface area contributed by atoms with Crippen LogP contribution >= 0.6 is 0 Å². The number of urea groups is 1. The van der Waals surface area contributed by atoms with Gasteiger partial charge in [0, 0.05) is 18.8 Å². The Morgan fingerprint density at radius 3 is 2.54 bits per heavy atom. The van der Waals surface area contributed by atoms with Gasteiger partial charge in [-0.15, -0.1) is 0 Å². The van der Waals surface area contributed by atoms with Crippen molar-refractivity contribution in [2.75, 3.05) is 25.0 Å². The number of carboxylic acid groups (broad SMARTS) is 1. The van der Waals surface area contributed by atoms with Crippen LogP contribution in [0.1, 0.15) is 36.8 Å². The highest BCUT2D eigenvalue weighted by Gasteiger charge is 2.53.